The number of aryl methyl sites for hydroxylation is 1. The average molecular weight is 299 g/mol. The van der Waals surface area contributed by atoms with Crippen molar-refractivity contribution in [2.24, 2.45) is 0 Å². The maximum atomic E-state index is 12.7. The summed E-state index contributed by atoms with van der Waals surface area (Å²) >= 11 is 0. The first-order chi connectivity index (χ1) is 9.39. The van der Waals surface area contributed by atoms with Crippen molar-refractivity contribution >= 4 is 10.0 Å². The SMILES string of the molecule is C=CCN(CC=C)S(=O)(=O)c1c(C)nn(CCO)c1C. The quantitative estimate of drug-likeness (QED) is 0.722. The van der Waals surface area contributed by atoms with Gasteiger partial charge >= 0.3 is 0 Å². The van der Waals surface area contributed by atoms with Gasteiger partial charge in [-0.15, -0.1) is 13.2 Å². The Morgan fingerprint density at radius 2 is 1.85 bits per heavy atom. The van der Waals surface area contributed by atoms with Crippen molar-refractivity contribution in [2.45, 2.75) is 25.3 Å². The normalized spacial score (nSPS) is 11.8. The van der Waals surface area contributed by atoms with E-state index in [9.17, 15) is 8.42 Å². The second-order valence-corrected chi connectivity index (χ2v) is 6.22. The van der Waals surface area contributed by atoms with Crippen LogP contribution in [0, 0.1) is 13.8 Å². The Balaban J connectivity index is 3.33. The molecular weight excluding hydrogens is 278 g/mol. The van der Waals surface area contributed by atoms with Gasteiger partial charge in [0.2, 0.25) is 10.0 Å². The lowest BCUT2D eigenvalue weighted by Gasteiger charge is -2.19. The molecule has 0 aliphatic rings. The predicted molar refractivity (Wildman–Crippen MR) is 77.9 cm³/mol. The van der Waals surface area contributed by atoms with Crippen LogP contribution in [0.25, 0.3) is 0 Å². The largest absolute Gasteiger partial charge is 0.394 e. The van der Waals surface area contributed by atoms with Crippen LogP contribution >= 0.6 is 0 Å². The van der Waals surface area contributed by atoms with Crippen molar-refractivity contribution in [3.63, 3.8) is 0 Å². The van der Waals surface area contributed by atoms with Gasteiger partial charge in [-0.3, -0.25) is 4.68 Å². The van der Waals surface area contributed by atoms with Crippen LogP contribution in [0.3, 0.4) is 0 Å². The van der Waals surface area contributed by atoms with Crippen molar-refractivity contribution in [3.8, 4) is 0 Å². The van der Waals surface area contributed by atoms with Crippen molar-refractivity contribution in [2.75, 3.05) is 19.7 Å². The van der Waals surface area contributed by atoms with Crippen molar-refractivity contribution in [1.29, 1.82) is 0 Å². The molecule has 0 amide bonds. The lowest BCUT2D eigenvalue weighted by Crippen LogP contribution is -2.32. The molecule has 0 atom stereocenters. The Hall–Kier alpha value is -1.44. The van der Waals surface area contributed by atoms with Gasteiger partial charge in [0, 0.05) is 13.1 Å². The van der Waals surface area contributed by atoms with E-state index >= 15 is 0 Å². The molecule has 0 unspecified atom stereocenters. The molecule has 112 valence electrons. The standard InChI is InChI=1S/C13H21N3O3S/c1-5-7-15(8-6-2)20(18,19)13-11(3)14-16(9-10-17)12(13)4/h5-6,17H,1-2,7-10H2,3-4H3. The fourth-order valence-corrected chi connectivity index (χ4v) is 3.81. The van der Waals surface area contributed by atoms with Gasteiger partial charge in [-0.1, -0.05) is 12.2 Å². The maximum Gasteiger partial charge on any atom is 0.247 e. The number of aliphatic hydroxyl groups excluding tert-OH is 1. The first-order valence-electron chi connectivity index (χ1n) is 6.27. The summed E-state index contributed by atoms with van der Waals surface area (Å²) in [5, 5.41) is 13.1. The number of hydrogen-bond donors (Lipinski definition) is 1. The zero-order valence-corrected chi connectivity index (χ0v) is 12.7. The van der Waals surface area contributed by atoms with Crippen LogP contribution in [-0.4, -0.2) is 47.3 Å². The van der Waals surface area contributed by atoms with Gasteiger partial charge in [0.15, 0.2) is 0 Å². The summed E-state index contributed by atoms with van der Waals surface area (Å²) in [6, 6.07) is 0. The minimum atomic E-state index is -3.66. The number of rotatable bonds is 8. The molecule has 1 aromatic rings. The molecule has 0 spiro atoms. The molecule has 7 heteroatoms. The average Bonchev–Trinajstić information content (AvgIpc) is 2.65. The van der Waals surface area contributed by atoms with E-state index in [0.29, 0.717) is 11.4 Å². The van der Waals surface area contributed by atoms with E-state index in [1.165, 1.54) is 21.1 Å². The third kappa shape index (κ3) is 3.17. The van der Waals surface area contributed by atoms with Crippen molar-refractivity contribution < 1.29 is 13.5 Å². The summed E-state index contributed by atoms with van der Waals surface area (Å²) in [5.74, 6) is 0. The van der Waals surface area contributed by atoms with Gasteiger partial charge in [0.05, 0.1) is 24.5 Å². The van der Waals surface area contributed by atoms with Crippen molar-refractivity contribution in [1.82, 2.24) is 14.1 Å². The Morgan fingerprint density at radius 1 is 1.30 bits per heavy atom. The Morgan fingerprint density at radius 3 is 2.30 bits per heavy atom. The summed E-state index contributed by atoms with van der Waals surface area (Å²) in [4.78, 5) is 0.189. The molecule has 0 radical (unpaired) electrons. The number of nitrogens with zero attached hydrogens (tertiary/aromatic N) is 3. The highest BCUT2D eigenvalue weighted by atomic mass is 32.2. The van der Waals surface area contributed by atoms with Crippen molar-refractivity contribution in [3.05, 3.63) is 36.7 Å². The zero-order chi connectivity index (χ0) is 15.3. The van der Waals surface area contributed by atoms with E-state index < -0.39 is 10.0 Å². The number of sulfonamides is 1. The molecule has 1 aromatic heterocycles. The molecule has 0 saturated heterocycles. The smallest absolute Gasteiger partial charge is 0.247 e. The molecule has 6 nitrogen and oxygen atoms in total. The Kier molecular flexibility index (Phi) is 5.67. The highest BCUT2D eigenvalue weighted by Gasteiger charge is 2.29. The van der Waals surface area contributed by atoms with Gasteiger partial charge in [0.1, 0.15) is 4.90 Å². The molecule has 0 aliphatic carbocycles. The van der Waals surface area contributed by atoms with Crippen LogP contribution < -0.4 is 0 Å². The topological polar surface area (TPSA) is 75.4 Å². The van der Waals surface area contributed by atoms with Crippen LogP contribution in [0.15, 0.2) is 30.2 Å². The summed E-state index contributed by atoms with van der Waals surface area (Å²) in [6.07, 6.45) is 3.06. The molecule has 0 aromatic carbocycles. The molecule has 0 saturated carbocycles. The maximum absolute atomic E-state index is 12.7. The van der Waals surface area contributed by atoms with Gasteiger partial charge in [-0.25, -0.2) is 8.42 Å². The second kappa shape index (κ2) is 6.83. The number of aliphatic hydroxyl groups is 1. The van der Waals surface area contributed by atoms with E-state index in [1.54, 1.807) is 13.8 Å². The van der Waals surface area contributed by atoms with Gasteiger partial charge in [-0.05, 0) is 13.8 Å². The van der Waals surface area contributed by atoms with Crippen LogP contribution in [0.5, 0.6) is 0 Å². The molecule has 0 fully saturated rings. The zero-order valence-electron chi connectivity index (χ0n) is 11.9. The Labute approximate surface area is 120 Å². The Bertz CT molecular complexity index is 580. The third-order valence-corrected chi connectivity index (χ3v) is 4.97. The molecule has 1 heterocycles. The summed E-state index contributed by atoms with van der Waals surface area (Å²) < 4.78 is 28.2. The van der Waals surface area contributed by atoms with Gasteiger partial charge in [-0.2, -0.15) is 9.40 Å². The van der Waals surface area contributed by atoms with Gasteiger partial charge in [0.25, 0.3) is 0 Å². The van der Waals surface area contributed by atoms with Crippen LogP contribution in [0.1, 0.15) is 11.4 Å². The first-order valence-corrected chi connectivity index (χ1v) is 7.71. The highest BCUT2D eigenvalue weighted by Crippen LogP contribution is 2.23. The van der Waals surface area contributed by atoms with Crippen LogP contribution in [0.2, 0.25) is 0 Å². The fourth-order valence-electron chi connectivity index (χ4n) is 2.05. The summed E-state index contributed by atoms with van der Waals surface area (Å²) in [6.45, 7) is 11.1. The lowest BCUT2D eigenvalue weighted by atomic mass is 10.4. The molecule has 0 bridgehead atoms. The third-order valence-electron chi connectivity index (χ3n) is 2.89. The highest BCUT2D eigenvalue weighted by molar-refractivity contribution is 7.89. The minimum Gasteiger partial charge on any atom is -0.394 e. The summed E-state index contributed by atoms with van der Waals surface area (Å²) in [7, 11) is -3.66. The molecule has 1 rings (SSSR count). The van der Waals surface area contributed by atoms with E-state index in [2.05, 4.69) is 18.3 Å². The molecule has 0 aliphatic heterocycles. The minimum absolute atomic E-state index is 0.0928. The van der Waals surface area contributed by atoms with E-state index in [4.69, 9.17) is 5.11 Å². The fraction of sp³-hybridized carbons (Fsp3) is 0.462. The predicted octanol–water partition coefficient (Wildman–Crippen LogP) is 0.855. The van der Waals surface area contributed by atoms with E-state index in [1.807, 2.05) is 0 Å². The second-order valence-electron chi connectivity index (χ2n) is 4.35. The molecule has 1 N–H and O–H groups in total. The van der Waals surface area contributed by atoms with Crippen LogP contribution in [-0.2, 0) is 16.6 Å². The lowest BCUT2D eigenvalue weighted by molar-refractivity contribution is 0.267. The van der Waals surface area contributed by atoms with Crippen LogP contribution in [0.4, 0.5) is 0 Å². The number of hydrogen-bond acceptors (Lipinski definition) is 4. The summed E-state index contributed by atoms with van der Waals surface area (Å²) in [5.41, 5.74) is 0.948. The first kappa shape index (κ1) is 16.6. The van der Waals surface area contributed by atoms with E-state index in [0.717, 1.165) is 0 Å². The molecular formula is C13H21N3O3S. The molecule has 20 heavy (non-hydrogen) atoms. The van der Waals surface area contributed by atoms with E-state index in [-0.39, 0.29) is 31.1 Å². The van der Waals surface area contributed by atoms with Gasteiger partial charge < -0.3 is 5.11 Å². The number of aromatic nitrogens is 2. The monoisotopic (exact) mass is 299 g/mol.